The molecular weight excluding hydrogens is 504 g/mol. The molecule has 1 amide bonds. The Balaban J connectivity index is 0.000000383. The third-order valence-electron chi connectivity index (χ3n) is 5.17. The Morgan fingerprint density at radius 3 is 2.08 bits per heavy atom. The van der Waals surface area contributed by atoms with Crippen LogP contribution in [0.2, 0.25) is 0 Å². The van der Waals surface area contributed by atoms with Crippen molar-refractivity contribution in [3.63, 3.8) is 0 Å². The van der Waals surface area contributed by atoms with Gasteiger partial charge in [0.1, 0.15) is 0 Å². The second-order valence-corrected chi connectivity index (χ2v) is 8.32. The van der Waals surface area contributed by atoms with Crippen molar-refractivity contribution in [2.75, 3.05) is 26.2 Å². The van der Waals surface area contributed by atoms with Crippen LogP contribution in [0.3, 0.4) is 0 Å². The van der Waals surface area contributed by atoms with Crippen LogP contribution in [0.15, 0.2) is 24.4 Å². The fraction of sp³-hybridized carbons (Fsp3) is 0.619. The molecule has 0 unspecified atom stereocenters. The Morgan fingerprint density at radius 2 is 1.64 bits per heavy atom. The molecule has 2 fully saturated rings. The van der Waals surface area contributed by atoms with Crippen LogP contribution in [0, 0.1) is 17.8 Å². The summed E-state index contributed by atoms with van der Waals surface area (Å²) in [4.78, 5) is 36.3. The topological polar surface area (TPSA) is 129 Å². The minimum atomic E-state index is -5.08. The van der Waals surface area contributed by atoms with E-state index in [0.717, 1.165) is 38.5 Å². The molecule has 3 atom stereocenters. The summed E-state index contributed by atoms with van der Waals surface area (Å²) >= 11 is 0. The van der Waals surface area contributed by atoms with E-state index in [1.807, 2.05) is 32.2 Å². The van der Waals surface area contributed by atoms with E-state index in [4.69, 9.17) is 24.5 Å². The molecule has 1 aromatic rings. The van der Waals surface area contributed by atoms with Crippen molar-refractivity contribution >= 4 is 17.8 Å². The number of halogens is 6. The van der Waals surface area contributed by atoms with E-state index in [1.54, 1.807) is 0 Å². The summed E-state index contributed by atoms with van der Waals surface area (Å²) in [6.07, 6.45) is -8.02. The first-order valence-electron chi connectivity index (χ1n) is 10.6. The Morgan fingerprint density at radius 1 is 1.08 bits per heavy atom. The van der Waals surface area contributed by atoms with Gasteiger partial charge in [-0.3, -0.25) is 14.7 Å². The van der Waals surface area contributed by atoms with Crippen molar-refractivity contribution in [2.24, 2.45) is 17.8 Å². The largest absolute Gasteiger partial charge is 0.490 e. The van der Waals surface area contributed by atoms with E-state index in [9.17, 15) is 31.1 Å². The zero-order valence-electron chi connectivity index (χ0n) is 19.3. The van der Waals surface area contributed by atoms with Crippen molar-refractivity contribution in [3.8, 4) is 0 Å². The van der Waals surface area contributed by atoms with Gasteiger partial charge in [0.25, 0.3) is 0 Å². The fourth-order valence-corrected chi connectivity index (χ4v) is 3.38. The molecule has 3 rings (SSSR count). The number of ether oxygens (including phenoxy) is 1. The lowest BCUT2D eigenvalue weighted by Gasteiger charge is -2.20. The normalized spacial score (nSPS) is 21.5. The van der Waals surface area contributed by atoms with Gasteiger partial charge in [-0.25, -0.2) is 9.59 Å². The molecule has 3 N–H and O–H groups in total. The zero-order chi connectivity index (χ0) is 27.7. The number of carboxylic acids is 2. The van der Waals surface area contributed by atoms with Crippen LogP contribution in [0.5, 0.6) is 0 Å². The van der Waals surface area contributed by atoms with Gasteiger partial charge in [-0.2, -0.15) is 26.3 Å². The van der Waals surface area contributed by atoms with Crippen LogP contribution >= 0.6 is 0 Å². The maximum Gasteiger partial charge on any atom is 0.490 e. The van der Waals surface area contributed by atoms with Crippen LogP contribution < -0.4 is 5.32 Å². The fourth-order valence-electron chi connectivity index (χ4n) is 3.38. The molecule has 0 aliphatic carbocycles. The van der Waals surface area contributed by atoms with Gasteiger partial charge < -0.3 is 20.3 Å². The minimum Gasteiger partial charge on any atom is -0.475 e. The predicted molar refractivity (Wildman–Crippen MR) is 111 cm³/mol. The van der Waals surface area contributed by atoms with E-state index in [0.29, 0.717) is 17.9 Å². The number of pyridine rings is 1. The van der Waals surface area contributed by atoms with Crippen LogP contribution in [0.1, 0.15) is 19.5 Å². The molecule has 204 valence electrons. The summed E-state index contributed by atoms with van der Waals surface area (Å²) < 4.78 is 69.4. The average molecular weight is 531 g/mol. The zero-order valence-corrected chi connectivity index (χ0v) is 19.3. The van der Waals surface area contributed by atoms with Gasteiger partial charge in [0.05, 0.1) is 18.4 Å². The number of aromatic nitrogens is 1. The minimum absolute atomic E-state index is 0.0438. The molecule has 0 spiro atoms. The van der Waals surface area contributed by atoms with Gasteiger partial charge in [-0.15, -0.1) is 0 Å². The van der Waals surface area contributed by atoms with E-state index < -0.39 is 24.3 Å². The molecule has 1 aromatic heterocycles. The highest BCUT2D eigenvalue weighted by Gasteiger charge is 2.43. The van der Waals surface area contributed by atoms with Crippen LogP contribution in [0.25, 0.3) is 0 Å². The lowest BCUT2D eigenvalue weighted by atomic mass is 9.93. The number of amides is 1. The third-order valence-corrected chi connectivity index (χ3v) is 5.17. The van der Waals surface area contributed by atoms with Gasteiger partial charge >= 0.3 is 24.3 Å². The highest BCUT2D eigenvalue weighted by atomic mass is 19.4. The standard InChI is InChI=1S/C17H25N3O2.2C2HF3O2/c1-12(2)17(21)19-7-13-11-22-16-10-20(9-15(13)16)8-14-5-3-4-6-18-14;2*3-2(4,5)1(6)7/h3-6,12-13,15-16H,7-11H2,1-2H3,(H,19,21);2*(H,6,7)/t13-,15-,16-;;/m1../s1. The highest BCUT2D eigenvalue weighted by molar-refractivity contribution is 5.77. The first kappa shape index (κ1) is 31.1. The Hall–Kier alpha value is -2.94. The number of likely N-dealkylation sites (tertiary alicyclic amines) is 1. The highest BCUT2D eigenvalue weighted by Crippen LogP contribution is 2.33. The number of fused-ring (bicyclic) bond motifs is 1. The van der Waals surface area contributed by atoms with E-state index in [2.05, 4.69) is 21.3 Å². The first-order chi connectivity index (χ1) is 16.5. The Kier molecular flexibility index (Phi) is 11.6. The SMILES string of the molecule is CC(C)C(=O)NC[C@@H]1CO[C@@H]2CN(Cc3ccccn3)C[C@H]12.O=C(O)C(F)(F)F.O=C(O)C(F)(F)F. The molecule has 0 radical (unpaired) electrons. The summed E-state index contributed by atoms with van der Waals surface area (Å²) in [7, 11) is 0. The number of carboxylic acid groups (broad SMARTS) is 2. The van der Waals surface area contributed by atoms with Gasteiger partial charge in [0.15, 0.2) is 0 Å². The number of aliphatic carboxylic acids is 2. The van der Waals surface area contributed by atoms with Gasteiger partial charge in [0, 0.05) is 50.1 Å². The number of nitrogens with zero attached hydrogens (tertiary/aromatic N) is 2. The van der Waals surface area contributed by atoms with E-state index >= 15 is 0 Å². The predicted octanol–water partition coefficient (Wildman–Crippen LogP) is 2.57. The summed E-state index contributed by atoms with van der Waals surface area (Å²) in [5, 5.41) is 17.3. The van der Waals surface area contributed by atoms with Crippen LogP contribution in [0.4, 0.5) is 26.3 Å². The average Bonchev–Trinajstić information content (AvgIpc) is 3.32. The summed E-state index contributed by atoms with van der Waals surface area (Å²) in [5.41, 5.74) is 1.10. The number of carbonyl (C=O) groups excluding carboxylic acids is 1. The molecule has 9 nitrogen and oxygen atoms in total. The summed E-state index contributed by atoms with van der Waals surface area (Å²) in [5.74, 6) is -4.38. The molecule has 36 heavy (non-hydrogen) atoms. The third kappa shape index (κ3) is 10.8. The van der Waals surface area contributed by atoms with Crippen LogP contribution in [-0.4, -0.2) is 82.6 Å². The Labute approximate surface area is 202 Å². The van der Waals surface area contributed by atoms with Crippen molar-refractivity contribution in [2.45, 2.75) is 38.8 Å². The number of rotatable bonds is 5. The molecule has 15 heteroatoms. The summed E-state index contributed by atoms with van der Waals surface area (Å²) in [6.45, 7) is 8.23. The quantitative estimate of drug-likeness (QED) is 0.495. The van der Waals surface area contributed by atoms with Crippen LogP contribution in [-0.2, 0) is 25.7 Å². The lowest BCUT2D eigenvalue weighted by molar-refractivity contribution is -0.193. The van der Waals surface area contributed by atoms with Gasteiger partial charge in [-0.05, 0) is 12.1 Å². The second kappa shape index (κ2) is 13.4. The number of nitrogens with one attached hydrogen (secondary N) is 1. The molecule has 0 saturated carbocycles. The van der Waals surface area contributed by atoms with Gasteiger partial charge in [0.2, 0.25) is 5.91 Å². The molecular formula is C21H27F6N3O6. The number of hydrogen-bond donors (Lipinski definition) is 3. The molecule has 2 aliphatic heterocycles. The number of alkyl halides is 6. The smallest absolute Gasteiger partial charge is 0.475 e. The summed E-state index contributed by atoms with van der Waals surface area (Å²) in [6, 6.07) is 6.04. The lowest BCUT2D eigenvalue weighted by Crippen LogP contribution is -2.36. The monoisotopic (exact) mass is 531 g/mol. The van der Waals surface area contributed by atoms with Crippen molar-refractivity contribution in [3.05, 3.63) is 30.1 Å². The maximum absolute atomic E-state index is 11.7. The maximum atomic E-state index is 11.7. The number of carbonyl (C=O) groups is 3. The Bertz CT molecular complexity index is 842. The second-order valence-electron chi connectivity index (χ2n) is 8.32. The number of hydrogen-bond acceptors (Lipinski definition) is 6. The van der Waals surface area contributed by atoms with E-state index in [-0.39, 0.29) is 11.8 Å². The molecule has 2 aliphatic rings. The molecule has 3 heterocycles. The molecule has 2 saturated heterocycles. The van der Waals surface area contributed by atoms with Crippen molar-refractivity contribution in [1.82, 2.24) is 15.2 Å². The molecule has 0 bridgehead atoms. The van der Waals surface area contributed by atoms with E-state index in [1.165, 1.54) is 0 Å². The van der Waals surface area contributed by atoms with Gasteiger partial charge in [-0.1, -0.05) is 19.9 Å². The van der Waals surface area contributed by atoms with Crippen molar-refractivity contribution in [1.29, 1.82) is 0 Å². The first-order valence-corrected chi connectivity index (χ1v) is 10.6. The molecule has 0 aromatic carbocycles. The van der Waals surface area contributed by atoms with Crippen molar-refractivity contribution < 1.29 is 55.7 Å².